The molecule has 0 unspecified atom stereocenters. The fourth-order valence-electron chi connectivity index (χ4n) is 2.50. The number of aromatic nitrogens is 1. The molecule has 126 valence electrons. The van der Waals surface area contributed by atoms with Crippen LogP contribution in [0.25, 0.3) is 23.1 Å². The summed E-state index contributed by atoms with van der Waals surface area (Å²) in [4.78, 5) is 16.1. The van der Waals surface area contributed by atoms with Crippen LogP contribution in [-0.4, -0.2) is 22.7 Å². The molecule has 0 aliphatic carbocycles. The summed E-state index contributed by atoms with van der Waals surface area (Å²) >= 11 is 3.37. The minimum atomic E-state index is -0.971. The molecule has 1 N–H and O–H groups in total. The first kappa shape index (κ1) is 17.2. The highest BCUT2D eigenvalue weighted by molar-refractivity contribution is 9.10. The predicted molar refractivity (Wildman–Crippen MR) is 103 cm³/mol. The molecule has 0 aliphatic heterocycles. The van der Waals surface area contributed by atoms with E-state index < -0.39 is 5.97 Å². The van der Waals surface area contributed by atoms with Crippen LogP contribution >= 0.6 is 15.9 Å². The minimum Gasteiger partial charge on any atom is -0.494 e. The summed E-state index contributed by atoms with van der Waals surface area (Å²) in [5, 5.41) is 10.1. The Morgan fingerprint density at radius 2 is 1.92 bits per heavy atom. The Bertz CT molecular complexity index is 949. The average molecular weight is 398 g/mol. The van der Waals surface area contributed by atoms with Gasteiger partial charge in [-0.05, 0) is 55.0 Å². The van der Waals surface area contributed by atoms with Crippen LogP contribution in [0.15, 0.2) is 53.0 Å². The third-order valence-electron chi connectivity index (χ3n) is 3.66. The average Bonchev–Trinajstić information content (AvgIpc) is 2.60. The van der Waals surface area contributed by atoms with E-state index in [-0.39, 0.29) is 5.56 Å². The lowest BCUT2D eigenvalue weighted by atomic mass is 10.1. The largest absolute Gasteiger partial charge is 0.494 e. The molecule has 0 amide bonds. The zero-order valence-electron chi connectivity index (χ0n) is 13.6. The topological polar surface area (TPSA) is 59.4 Å². The summed E-state index contributed by atoms with van der Waals surface area (Å²) < 4.78 is 6.24. The predicted octanol–water partition coefficient (Wildman–Crippen LogP) is 5.26. The second-order valence-electron chi connectivity index (χ2n) is 5.40. The Hall–Kier alpha value is -2.66. The number of aromatic carboxylic acids is 1. The number of hydrogen-bond acceptors (Lipinski definition) is 3. The highest BCUT2D eigenvalue weighted by Gasteiger charge is 2.11. The Morgan fingerprint density at radius 3 is 2.60 bits per heavy atom. The maximum atomic E-state index is 11.6. The molecule has 0 aliphatic rings. The van der Waals surface area contributed by atoms with Crippen LogP contribution in [0.5, 0.6) is 5.75 Å². The minimum absolute atomic E-state index is 0.234. The Balaban J connectivity index is 1.95. The molecule has 0 saturated heterocycles. The fraction of sp³-hybridized carbons (Fsp3) is 0.100. The Morgan fingerprint density at radius 1 is 1.16 bits per heavy atom. The standard InChI is InChI=1S/C20H16BrNO3/c1-2-25-16-8-4-13(5-9-16)3-7-15-12-18(20(23)24)17-11-14(21)6-10-19(17)22-15/h3-12H,2H2,1H3,(H,23,24). The third kappa shape index (κ3) is 4.06. The summed E-state index contributed by atoms with van der Waals surface area (Å²) in [7, 11) is 0. The molecule has 0 saturated carbocycles. The first-order chi connectivity index (χ1) is 12.1. The number of carbonyl (C=O) groups is 1. The zero-order chi connectivity index (χ0) is 17.8. The Labute approximate surface area is 153 Å². The summed E-state index contributed by atoms with van der Waals surface area (Å²) in [6.45, 7) is 2.57. The quantitative estimate of drug-likeness (QED) is 0.637. The van der Waals surface area contributed by atoms with E-state index in [1.165, 1.54) is 0 Å². The summed E-state index contributed by atoms with van der Waals surface area (Å²) in [6.07, 6.45) is 3.71. The number of nitrogens with zero attached hydrogens (tertiary/aromatic N) is 1. The normalized spacial score (nSPS) is 11.1. The molecule has 0 bridgehead atoms. The number of hydrogen-bond donors (Lipinski definition) is 1. The fourth-order valence-corrected chi connectivity index (χ4v) is 2.87. The van der Waals surface area contributed by atoms with Crippen LogP contribution in [0.1, 0.15) is 28.5 Å². The number of carboxylic acid groups (broad SMARTS) is 1. The highest BCUT2D eigenvalue weighted by atomic mass is 79.9. The van der Waals surface area contributed by atoms with Crippen molar-refractivity contribution in [1.82, 2.24) is 4.98 Å². The van der Waals surface area contributed by atoms with Gasteiger partial charge in [0, 0.05) is 9.86 Å². The van der Waals surface area contributed by atoms with Gasteiger partial charge < -0.3 is 9.84 Å². The van der Waals surface area contributed by atoms with Gasteiger partial charge in [0.2, 0.25) is 0 Å². The number of benzene rings is 2. The molecule has 0 atom stereocenters. The SMILES string of the molecule is CCOc1ccc(C=Cc2cc(C(=O)O)c3cc(Br)ccc3n2)cc1. The van der Waals surface area contributed by atoms with Gasteiger partial charge in [0.1, 0.15) is 5.75 Å². The lowest BCUT2D eigenvalue weighted by Gasteiger charge is -2.05. The van der Waals surface area contributed by atoms with Crippen LogP contribution in [0.3, 0.4) is 0 Å². The van der Waals surface area contributed by atoms with Crippen LogP contribution in [-0.2, 0) is 0 Å². The molecular weight excluding hydrogens is 382 g/mol. The van der Waals surface area contributed by atoms with Gasteiger partial charge in [0.15, 0.2) is 0 Å². The number of halogens is 1. The van der Waals surface area contributed by atoms with E-state index in [0.29, 0.717) is 23.2 Å². The summed E-state index contributed by atoms with van der Waals surface area (Å²) in [5.74, 6) is -0.150. The van der Waals surface area contributed by atoms with Gasteiger partial charge in [0.25, 0.3) is 0 Å². The van der Waals surface area contributed by atoms with Gasteiger partial charge in [0.05, 0.1) is 23.4 Å². The number of ether oxygens (including phenoxy) is 1. The molecule has 5 heteroatoms. The van der Waals surface area contributed by atoms with Crippen molar-refractivity contribution in [2.24, 2.45) is 0 Å². The molecule has 0 radical (unpaired) electrons. The van der Waals surface area contributed by atoms with Gasteiger partial charge in [-0.2, -0.15) is 0 Å². The number of pyridine rings is 1. The van der Waals surface area contributed by atoms with Crippen molar-refractivity contribution in [1.29, 1.82) is 0 Å². The summed E-state index contributed by atoms with van der Waals surface area (Å²) in [5.41, 5.74) is 2.46. The van der Waals surface area contributed by atoms with Crippen LogP contribution in [0, 0.1) is 0 Å². The van der Waals surface area contributed by atoms with Gasteiger partial charge in [-0.1, -0.05) is 34.1 Å². The molecular formula is C20H16BrNO3. The van der Waals surface area contributed by atoms with Crippen LogP contribution in [0.4, 0.5) is 0 Å². The number of rotatable bonds is 5. The van der Waals surface area contributed by atoms with Crippen LogP contribution in [0.2, 0.25) is 0 Å². The van der Waals surface area contributed by atoms with Crippen molar-refractivity contribution < 1.29 is 14.6 Å². The van der Waals surface area contributed by atoms with Crippen molar-refractivity contribution in [3.05, 3.63) is 69.8 Å². The molecule has 3 rings (SSSR count). The second kappa shape index (κ2) is 7.49. The molecule has 0 spiro atoms. The highest BCUT2D eigenvalue weighted by Crippen LogP contribution is 2.24. The number of carboxylic acids is 1. The van der Waals surface area contributed by atoms with Crippen molar-refractivity contribution in [3.8, 4) is 5.75 Å². The maximum Gasteiger partial charge on any atom is 0.336 e. The van der Waals surface area contributed by atoms with E-state index in [0.717, 1.165) is 15.8 Å². The molecule has 4 nitrogen and oxygen atoms in total. The second-order valence-corrected chi connectivity index (χ2v) is 6.31. The smallest absolute Gasteiger partial charge is 0.336 e. The van der Waals surface area contributed by atoms with E-state index in [9.17, 15) is 9.90 Å². The van der Waals surface area contributed by atoms with Crippen molar-refractivity contribution in [2.45, 2.75) is 6.92 Å². The lowest BCUT2D eigenvalue weighted by Crippen LogP contribution is -2.00. The van der Waals surface area contributed by atoms with E-state index >= 15 is 0 Å². The molecule has 0 fully saturated rings. The number of fused-ring (bicyclic) bond motifs is 1. The summed E-state index contributed by atoms with van der Waals surface area (Å²) in [6, 6.07) is 14.7. The Kier molecular flexibility index (Phi) is 5.14. The van der Waals surface area contributed by atoms with Gasteiger partial charge in [-0.25, -0.2) is 9.78 Å². The first-order valence-corrected chi connectivity index (χ1v) is 8.60. The molecule has 25 heavy (non-hydrogen) atoms. The molecule has 1 heterocycles. The van der Waals surface area contributed by atoms with Crippen LogP contribution < -0.4 is 4.74 Å². The van der Waals surface area contributed by atoms with E-state index in [4.69, 9.17) is 4.74 Å². The molecule has 2 aromatic carbocycles. The first-order valence-electron chi connectivity index (χ1n) is 7.81. The van der Waals surface area contributed by atoms with E-state index in [1.54, 1.807) is 18.2 Å². The monoisotopic (exact) mass is 397 g/mol. The van der Waals surface area contributed by atoms with Crippen molar-refractivity contribution in [2.75, 3.05) is 6.61 Å². The third-order valence-corrected chi connectivity index (χ3v) is 4.15. The van der Waals surface area contributed by atoms with Crippen molar-refractivity contribution >= 4 is 45.0 Å². The molecule has 1 aromatic heterocycles. The lowest BCUT2D eigenvalue weighted by molar-refractivity contribution is 0.0699. The van der Waals surface area contributed by atoms with E-state index in [1.807, 2.05) is 49.4 Å². The van der Waals surface area contributed by atoms with Crippen molar-refractivity contribution in [3.63, 3.8) is 0 Å². The molecule has 3 aromatic rings. The van der Waals surface area contributed by atoms with E-state index in [2.05, 4.69) is 20.9 Å². The van der Waals surface area contributed by atoms with Gasteiger partial charge in [-0.3, -0.25) is 0 Å². The zero-order valence-corrected chi connectivity index (χ0v) is 15.2. The van der Waals surface area contributed by atoms with Gasteiger partial charge in [-0.15, -0.1) is 0 Å². The van der Waals surface area contributed by atoms with Gasteiger partial charge >= 0.3 is 5.97 Å². The maximum absolute atomic E-state index is 11.6.